The summed E-state index contributed by atoms with van der Waals surface area (Å²) in [6, 6.07) is 4.89. The molecule has 3 aliphatic rings. The van der Waals surface area contributed by atoms with Gasteiger partial charge < -0.3 is 15.4 Å². The molecule has 6 heteroatoms. The van der Waals surface area contributed by atoms with E-state index in [1.165, 1.54) is 30.6 Å². The highest BCUT2D eigenvalue weighted by Gasteiger charge is 2.66. The van der Waals surface area contributed by atoms with Gasteiger partial charge in [-0.3, -0.25) is 4.99 Å². The van der Waals surface area contributed by atoms with Crippen LogP contribution in [0.2, 0.25) is 0 Å². The number of ether oxygens (including phenoxy) is 1. The number of aliphatic imine (C=N–C) groups is 1. The van der Waals surface area contributed by atoms with Gasteiger partial charge in [-0.25, -0.2) is 0 Å². The Hall–Kier alpha value is -0.340. The molecule has 0 radical (unpaired) electrons. The Morgan fingerprint density at radius 3 is 2.84 bits per heavy atom. The quantitative estimate of drug-likeness (QED) is 0.396. The largest absolute Gasteiger partial charge is 0.377 e. The second-order valence-electron chi connectivity index (χ2n) is 8.24. The molecule has 25 heavy (non-hydrogen) atoms. The summed E-state index contributed by atoms with van der Waals surface area (Å²) < 4.78 is 6.02. The van der Waals surface area contributed by atoms with Crippen molar-refractivity contribution in [1.82, 2.24) is 10.6 Å². The van der Waals surface area contributed by atoms with Gasteiger partial charge in [0.15, 0.2) is 5.96 Å². The van der Waals surface area contributed by atoms with E-state index in [2.05, 4.69) is 47.0 Å². The maximum Gasteiger partial charge on any atom is 0.191 e. The number of halogens is 1. The van der Waals surface area contributed by atoms with Gasteiger partial charge in [0.1, 0.15) is 0 Å². The fourth-order valence-electron chi connectivity index (χ4n) is 4.85. The monoisotopic (exact) mass is 475 g/mol. The third-order valence-corrected chi connectivity index (χ3v) is 7.67. The molecule has 2 saturated carbocycles. The molecule has 2 aliphatic carbocycles. The van der Waals surface area contributed by atoms with Crippen LogP contribution in [-0.4, -0.2) is 38.3 Å². The van der Waals surface area contributed by atoms with Crippen LogP contribution in [0.25, 0.3) is 0 Å². The van der Waals surface area contributed by atoms with Gasteiger partial charge in [0.25, 0.3) is 0 Å². The van der Waals surface area contributed by atoms with Crippen molar-refractivity contribution in [2.45, 2.75) is 57.1 Å². The normalized spacial score (nSPS) is 30.0. The lowest BCUT2D eigenvalue weighted by Crippen LogP contribution is -2.72. The molecule has 2 N–H and O–H groups in total. The molecule has 140 valence electrons. The fraction of sp³-hybridized carbons (Fsp3) is 0.737. The molecule has 0 amide bonds. The number of hydrogen-bond acceptors (Lipinski definition) is 3. The highest BCUT2D eigenvalue weighted by atomic mass is 127. The van der Waals surface area contributed by atoms with Crippen LogP contribution in [-0.2, 0) is 10.2 Å². The minimum atomic E-state index is 0. The molecule has 2 heterocycles. The van der Waals surface area contributed by atoms with E-state index in [0.29, 0.717) is 23.5 Å². The first-order chi connectivity index (χ1) is 11.6. The Kier molecular flexibility index (Phi) is 5.71. The number of nitrogens with zero attached hydrogens (tertiary/aromatic N) is 1. The van der Waals surface area contributed by atoms with Crippen molar-refractivity contribution in [1.29, 1.82) is 0 Å². The number of guanidine groups is 1. The van der Waals surface area contributed by atoms with E-state index >= 15 is 0 Å². The summed E-state index contributed by atoms with van der Waals surface area (Å²) in [6.45, 7) is 6.40. The molecule has 1 aromatic rings. The van der Waals surface area contributed by atoms with E-state index < -0.39 is 0 Å². The van der Waals surface area contributed by atoms with Gasteiger partial charge in [-0.2, -0.15) is 0 Å². The Labute approximate surface area is 172 Å². The zero-order valence-corrected chi connectivity index (χ0v) is 18.5. The third-order valence-electron chi connectivity index (χ3n) is 6.44. The van der Waals surface area contributed by atoms with E-state index in [4.69, 9.17) is 4.74 Å². The molecule has 3 atom stereocenters. The van der Waals surface area contributed by atoms with Crippen LogP contribution < -0.4 is 10.6 Å². The van der Waals surface area contributed by atoms with E-state index in [9.17, 15) is 0 Å². The summed E-state index contributed by atoms with van der Waals surface area (Å²) in [5.41, 5.74) is 0.501. The number of hydrogen-bond donors (Lipinski definition) is 2. The second kappa shape index (κ2) is 7.35. The van der Waals surface area contributed by atoms with Gasteiger partial charge in [0, 0.05) is 47.9 Å². The van der Waals surface area contributed by atoms with Crippen molar-refractivity contribution >= 4 is 41.3 Å². The average molecular weight is 475 g/mol. The highest BCUT2D eigenvalue weighted by Crippen LogP contribution is 2.62. The maximum absolute atomic E-state index is 6.02. The van der Waals surface area contributed by atoms with E-state index in [1.54, 1.807) is 0 Å². The highest BCUT2D eigenvalue weighted by molar-refractivity contribution is 14.0. The Bertz CT molecular complexity index is 612. The topological polar surface area (TPSA) is 45.7 Å². The number of rotatable bonds is 4. The first kappa shape index (κ1) is 19.4. The summed E-state index contributed by atoms with van der Waals surface area (Å²) in [5, 5.41) is 9.47. The number of thiophene rings is 1. The summed E-state index contributed by atoms with van der Waals surface area (Å²) in [7, 11) is 1.88. The van der Waals surface area contributed by atoms with Crippen LogP contribution in [0, 0.1) is 11.3 Å². The van der Waals surface area contributed by atoms with E-state index in [-0.39, 0.29) is 29.4 Å². The molecule has 1 aromatic heterocycles. The van der Waals surface area contributed by atoms with Gasteiger partial charge in [-0.15, -0.1) is 35.3 Å². The molecule has 3 unspecified atom stereocenters. The minimum absolute atomic E-state index is 0. The van der Waals surface area contributed by atoms with Gasteiger partial charge in [-0.05, 0) is 30.7 Å². The van der Waals surface area contributed by atoms with Gasteiger partial charge in [0.2, 0.25) is 0 Å². The summed E-state index contributed by atoms with van der Waals surface area (Å²) in [5.74, 6) is 1.62. The van der Waals surface area contributed by atoms with Crippen molar-refractivity contribution < 1.29 is 4.74 Å². The molecular weight excluding hydrogens is 445 g/mol. The van der Waals surface area contributed by atoms with Crippen molar-refractivity contribution in [2.24, 2.45) is 16.3 Å². The molecule has 0 aromatic carbocycles. The summed E-state index contributed by atoms with van der Waals surface area (Å²) in [6.07, 6.45) is 5.67. The molecule has 1 spiro atoms. The van der Waals surface area contributed by atoms with Gasteiger partial charge in [-0.1, -0.05) is 26.3 Å². The van der Waals surface area contributed by atoms with Crippen molar-refractivity contribution in [3.8, 4) is 0 Å². The molecule has 4 rings (SSSR count). The lowest BCUT2D eigenvalue weighted by atomic mass is 9.46. The SMILES string of the molecule is CN=C(NCC(C)(C)c1cccs1)NC1C2CCOC2C12CCC2.I. The molecule has 1 saturated heterocycles. The van der Waals surface area contributed by atoms with Crippen molar-refractivity contribution in [2.75, 3.05) is 20.2 Å². The molecular formula is C19H30IN3OS. The van der Waals surface area contributed by atoms with E-state index in [0.717, 1.165) is 19.1 Å². The lowest BCUT2D eigenvalue weighted by Gasteiger charge is -2.63. The van der Waals surface area contributed by atoms with Crippen LogP contribution >= 0.6 is 35.3 Å². The number of nitrogens with one attached hydrogen (secondary N) is 2. The minimum Gasteiger partial charge on any atom is -0.377 e. The van der Waals surface area contributed by atoms with Crippen LogP contribution in [0.4, 0.5) is 0 Å². The van der Waals surface area contributed by atoms with Crippen molar-refractivity contribution in [3.05, 3.63) is 22.4 Å². The number of fused-ring (bicyclic) bond motifs is 2. The van der Waals surface area contributed by atoms with Crippen LogP contribution in [0.5, 0.6) is 0 Å². The Morgan fingerprint density at radius 2 is 2.24 bits per heavy atom. The van der Waals surface area contributed by atoms with Gasteiger partial charge in [0.05, 0.1) is 6.10 Å². The lowest BCUT2D eigenvalue weighted by molar-refractivity contribution is -0.171. The molecule has 3 fully saturated rings. The smallest absolute Gasteiger partial charge is 0.191 e. The molecule has 0 bridgehead atoms. The van der Waals surface area contributed by atoms with Crippen molar-refractivity contribution in [3.63, 3.8) is 0 Å². The summed E-state index contributed by atoms with van der Waals surface area (Å²) in [4.78, 5) is 5.90. The van der Waals surface area contributed by atoms with Crippen LogP contribution in [0.1, 0.15) is 44.4 Å². The van der Waals surface area contributed by atoms with Crippen LogP contribution in [0.15, 0.2) is 22.5 Å². The molecule has 1 aliphatic heterocycles. The first-order valence-corrected chi connectivity index (χ1v) is 10.1. The third kappa shape index (κ3) is 3.23. The Morgan fingerprint density at radius 1 is 1.44 bits per heavy atom. The van der Waals surface area contributed by atoms with E-state index in [1.807, 2.05) is 18.4 Å². The standard InChI is InChI=1S/C19H29N3OS.HI/c1-18(2,14-6-4-11-24-14)12-21-17(20-3)22-15-13-7-10-23-16(13)19(15)8-5-9-19;/h4,6,11,13,15-16H,5,7-10,12H2,1-3H3,(H2,20,21,22);1H. The summed E-state index contributed by atoms with van der Waals surface area (Å²) >= 11 is 1.83. The predicted molar refractivity (Wildman–Crippen MR) is 115 cm³/mol. The zero-order chi connectivity index (χ0) is 16.8. The predicted octanol–water partition coefficient (Wildman–Crippen LogP) is 3.77. The molecule has 4 nitrogen and oxygen atoms in total. The van der Waals surface area contributed by atoms with Gasteiger partial charge >= 0.3 is 0 Å². The first-order valence-electron chi connectivity index (χ1n) is 9.20. The maximum atomic E-state index is 6.02. The second-order valence-corrected chi connectivity index (χ2v) is 9.19. The van der Waals surface area contributed by atoms with Crippen LogP contribution in [0.3, 0.4) is 0 Å². The zero-order valence-electron chi connectivity index (χ0n) is 15.4. The fourth-order valence-corrected chi connectivity index (χ4v) is 5.71. The Balaban J connectivity index is 0.00000182. The average Bonchev–Trinajstić information content (AvgIpc) is 3.16.